The third-order valence-corrected chi connectivity index (χ3v) is 8.84. The number of nitrogens with zero attached hydrogens (tertiary/aromatic N) is 5. The smallest absolute Gasteiger partial charge is 0.306 e. The number of hydrogen-bond acceptors (Lipinski definition) is 9. The van der Waals surface area contributed by atoms with Crippen LogP contribution in [0.3, 0.4) is 0 Å². The standard InChI is InChI=1S/C29H37N5O6/c1-5-32(6-2)14-9-15-33-26(38)23-24(27(33)39)30-28-29(19-10-7-8-11-20(19)31(3)25(23)29)16-18(17-35)34(28)21(36)12-13-22(37)40-4/h7-8,10-11,18,25,35H,5-6,9,12-17H2,1-4H3/t18-,25?,29-/m0/s1. The number of carbonyl (C=O) groups excluding carboxylic acids is 4. The van der Waals surface area contributed by atoms with Crippen LogP contribution in [0.4, 0.5) is 5.69 Å². The summed E-state index contributed by atoms with van der Waals surface area (Å²) < 4.78 is 4.71. The van der Waals surface area contributed by atoms with Gasteiger partial charge in [0.05, 0.1) is 43.2 Å². The van der Waals surface area contributed by atoms with Gasteiger partial charge < -0.3 is 19.6 Å². The maximum absolute atomic E-state index is 13.9. The topological polar surface area (TPSA) is 123 Å². The molecule has 0 radical (unpaired) electrons. The summed E-state index contributed by atoms with van der Waals surface area (Å²) in [6, 6.07) is 6.55. The number of amidine groups is 1. The fraction of sp³-hybridized carbons (Fsp3) is 0.552. The second-order valence-corrected chi connectivity index (χ2v) is 10.7. The zero-order chi connectivity index (χ0) is 28.8. The molecular weight excluding hydrogens is 514 g/mol. The van der Waals surface area contributed by atoms with Crippen LogP contribution < -0.4 is 4.90 Å². The summed E-state index contributed by atoms with van der Waals surface area (Å²) >= 11 is 0. The van der Waals surface area contributed by atoms with Gasteiger partial charge in [-0.2, -0.15) is 0 Å². The summed E-state index contributed by atoms with van der Waals surface area (Å²) in [5, 5.41) is 10.4. The second kappa shape index (κ2) is 10.8. The van der Waals surface area contributed by atoms with Gasteiger partial charge in [0.25, 0.3) is 11.8 Å². The normalized spacial score (nSPS) is 24.9. The molecule has 11 heteroatoms. The largest absolute Gasteiger partial charge is 0.469 e. The third kappa shape index (κ3) is 4.05. The molecule has 1 aromatic carbocycles. The number of methoxy groups -OCH3 is 1. The van der Waals surface area contributed by atoms with E-state index in [1.807, 2.05) is 36.2 Å². The number of anilines is 1. The number of imide groups is 1. The molecule has 40 heavy (non-hydrogen) atoms. The lowest BCUT2D eigenvalue weighted by molar-refractivity contribution is -0.143. The Morgan fingerprint density at radius 2 is 1.88 bits per heavy atom. The van der Waals surface area contributed by atoms with E-state index in [4.69, 9.17) is 9.73 Å². The fourth-order valence-corrected chi connectivity index (χ4v) is 6.91. The Bertz CT molecular complexity index is 1300. The molecule has 0 aliphatic carbocycles. The van der Waals surface area contributed by atoms with E-state index >= 15 is 0 Å². The van der Waals surface area contributed by atoms with E-state index in [0.29, 0.717) is 24.3 Å². The minimum atomic E-state index is -0.911. The molecule has 0 aromatic heterocycles. The zero-order valence-corrected chi connectivity index (χ0v) is 23.6. The van der Waals surface area contributed by atoms with Crippen molar-refractivity contribution in [3.8, 4) is 0 Å². The van der Waals surface area contributed by atoms with Crippen LogP contribution in [0.5, 0.6) is 0 Å². The zero-order valence-electron chi connectivity index (χ0n) is 23.6. The SMILES string of the molecule is CCN(CC)CCCN1C(=O)C2=C(C1=O)C1N(C)c3ccccc3[C@@]13C[C@@H](CO)N(C(=O)CCC(=O)OC)C3=N2. The van der Waals surface area contributed by atoms with Gasteiger partial charge in [0, 0.05) is 25.7 Å². The van der Waals surface area contributed by atoms with Gasteiger partial charge in [0.2, 0.25) is 5.91 Å². The number of amides is 3. The van der Waals surface area contributed by atoms with Crippen molar-refractivity contribution in [2.75, 3.05) is 51.8 Å². The maximum Gasteiger partial charge on any atom is 0.306 e. The number of esters is 1. The summed E-state index contributed by atoms with van der Waals surface area (Å²) in [4.78, 5) is 64.8. The molecular formula is C29H37N5O6. The van der Waals surface area contributed by atoms with Gasteiger partial charge in [-0.15, -0.1) is 0 Å². The van der Waals surface area contributed by atoms with Crippen molar-refractivity contribution in [3.63, 3.8) is 0 Å². The number of aliphatic hydroxyl groups excluding tert-OH is 1. The Labute approximate surface area is 234 Å². The van der Waals surface area contributed by atoms with E-state index in [-0.39, 0.29) is 43.5 Å². The highest BCUT2D eigenvalue weighted by atomic mass is 16.5. The molecule has 1 N–H and O–H groups in total. The number of rotatable bonds is 10. The quantitative estimate of drug-likeness (QED) is 0.338. The fourth-order valence-electron chi connectivity index (χ4n) is 6.91. The predicted molar refractivity (Wildman–Crippen MR) is 147 cm³/mol. The van der Waals surface area contributed by atoms with Crippen molar-refractivity contribution >= 4 is 35.2 Å². The van der Waals surface area contributed by atoms with Gasteiger partial charge in [-0.1, -0.05) is 32.0 Å². The van der Waals surface area contributed by atoms with Crippen LogP contribution in [0.2, 0.25) is 0 Å². The number of benzene rings is 1. The minimum Gasteiger partial charge on any atom is -0.469 e. The van der Waals surface area contributed by atoms with Crippen LogP contribution >= 0.6 is 0 Å². The number of likely N-dealkylation sites (N-methyl/N-ethyl adjacent to an activating group) is 1. The number of fused-ring (bicyclic) bond motifs is 2. The highest BCUT2D eigenvalue weighted by Crippen LogP contribution is 2.58. The highest BCUT2D eigenvalue weighted by Gasteiger charge is 2.67. The lowest BCUT2D eigenvalue weighted by Crippen LogP contribution is -2.54. The first kappa shape index (κ1) is 28.0. The molecule has 1 unspecified atom stereocenters. The lowest BCUT2D eigenvalue weighted by atomic mass is 9.70. The molecule has 4 aliphatic heterocycles. The number of para-hydroxylation sites is 1. The third-order valence-electron chi connectivity index (χ3n) is 8.84. The molecule has 0 bridgehead atoms. The molecule has 1 saturated heterocycles. The number of likely N-dealkylation sites (tertiary alicyclic amines) is 1. The van der Waals surface area contributed by atoms with E-state index in [2.05, 4.69) is 18.7 Å². The molecule has 214 valence electrons. The van der Waals surface area contributed by atoms with Crippen molar-refractivity contribution in [3.05, 3.63) is 41.1 Å². The molecule has 1 aromatic rings. The van der Waals surface area contributed by atoms with E-state index < -0.39 is 29.4 Å². The Morgan fingerprint density at radius 1 is 1.15 bits per heavy atom. The van der Waals surface area contributed by atoms with Crippen molar-refractivity contribution < 1.29 is 29.0 Å². The van der Waals surface area contributed by atoms with Crippen LogP contribution in [0.1, 0.15) is 45.1 Å². The Kier molecular flexibility index (Phi) is 7.54. The summed E-state index contributed by atoms with van der Waals surface area (Å²) in [6.07, 6.45) is 0.734. The summed E-state index contributed by atoms with van der Waals surface area (Å²) in [6.45, 7) is 6.66. The number of aliphatic hydroxyl groups is 1. The average molecular weight is 552 g/mol. The monoisotopic (exact) mass is 551 g/mol. The first-order chi connectivity index (χ1) is 19.2. The molecule has 5 rings (SSSR count). The lowest BCUT2D eigenvalue weighted by Gasteiger charge is -2.38. The Balaban J connectivity index is 1.57. The van der Waals surface area contributed by atoms with Crippen LogP contribution in [0, 0.1) is 0 Å². The number of carbonyl (C=O) groups is 4. The molecule has 1 spiro atoms. The Hall–Kier alpha value is -3.57. The van der Waals surface area contributed by atoms with Gasteiger partial charge >= 0.3 is 5.97 Å². The average Bonchev–Trinajstić information content (AvgIpc) is 3.53. The summed E-state index contributed by atoms with van der Waals surface area (Å²) in [7, 11) is 3.15. The number of hydrogen-bond donors (Lipinski definition) is 1. The second-order valence-electron chi connectivity index (χ2n) is 10.7. The van der Waals surface area contributed by atoms with Crippen LogP contribution in [0.25, 0.3) is 0 Å². The minimum absolute atomic E-state index is 0.0625. The molecule has 4 aliphatic rings. The van der Waals surface area contributed by atoms with E-state index in [0.717, 1.165) is 30.9 Å². The molecule has 11 nitrogen and oxygen atoms in total. The molecule has 3 amide bonds. The van der Waals surface area contributed by atoms with Crippen molar-refractivity contribution in [1.82, 2.24) is 14.7 Å². The van der Waals surface area contributed by atoms with Gasteiger partial charge in [0.1, 0.15) is 11.5 Å². The van der Waals surface area contributed by atoms with Crippen molar-refractivity contribution in [2.24, 2.45) is 4.99 Å². The van der Waals surface area contributed by atoms with Gasteiger partial charge in [-0.25, -0.2) is 4.99 Å². The predicted octanol–water partition coefficient (Wildman–Crippen LogP) is 1.06. The van der Waals surface area contributed by atoms with Gasteiger partial charge in [-0.05, 0) is 44.1 Å². The molecule has 1 fully saturated rings. The first-order valence-electron chi connectivity index (χ1n) is 14.0. The van der Waals surface area contributed by atoms with Gasteiger partial charge in [0.15, 0.2) is 0 Å². The van der Waals surface area contributed by atoms with Crippen LogP contribution in [0.15, 0.2) is 40.5 Å². The van der Waals surface area contributed by atoms with Crippen molar-refractivity contribution in [2.45, 2.75) is 57.0 Å². The van der Waals surface area contributed by atoms with E-state index in [1.165, 1.54) is 16.9 Å². The summed E-state index contributed by atoms with van der Waals surface area (Å²) in [5.74, 6) is -1.35. The van der Waals surface area contributed by atoms with Crippen molar-refractivity contribution in [1.29, 1.82) is 0 Å². The van der Waals surface area contributed by atoms with E-state index in [1.54, 1.807) is 0 Å². The number of ether oxygens (including phenoxy) is 1. The van der Waals surface area contributed by atoms with E-state index in [9.17, 15) is 24.3 Å². The summed E-state index contributed by atoms with van der Waals surface area (Å²) in [5.41, 5.74) is 1.28. The molecule has 0 saturated carbocycles. The van der Waals surface area contributed by atoms with Crippen LogP contribution in [-0.4, -0.2) is 108 Å². The molecule has 3 atom stereocenters. The number of aliphatic imine (C=N–C) groups is 1. The van der Waals surface area contributed by atoms with Crippen LogP contribution in [-0.2, 0) is 29.3 Å². The molecule has 4 heterocycles. The Morgan fingerprint density at radius 3 is 2.55 bits per heavy atom. The first-order valence-corrected chi connectivity index (χ1v) is 14.0. The maximum atomic E-state index is 13.9. The highest BCUT2D eigenvalue weighted by molar-refractivity contribution is 6.24. The van der Waals surface area contributed by atoms with Gasteiger partial charge in [-0.3, -0.25) is 29.0 Å².